The summed E-state index contributed by atoms with van der Waals surface area (Å²) in [4.78, 5) is 15.2. The maximum Gasteiger partial charge on any atom is 0.246 e. The van der Waals surface area contributed by atoms with Gasteiger partial charge in [-0.1, -0.05) is 0 Å². The van der Waals surface area contributed by atoms with Crippen LogP contribution in [0.4, 0.5) is 8.78 Å². The van der Waals surface area contributed by atoms with E-state index >= 15 is 0 Å². The van der Waals surface area contributed by atoms with Gasteiger partial charge in [-0.05, 0) is 43.3 Å². The van der Waals surface area contributed by atoms with E-state index in [0.29, 0.717) is 6.07 Å². The fraction of sp³-hybridized carbons (Fsp3) is 0.278. The number of thiophene rings is 1. The number of rotatable bonds is 4. The lowest BCUT2D eigenvalue weighted by molar-refractivity contribution is -0.127. The second-order valence-electron chi connectivity index (χ2n) is 6.09. The van der Waals surface area contributed by atoms with Crippen LogP contribution >= 0.6 is 11.3 Å². The number of halogens is 2. The fourth-order valence-electron chi connectivity index (χ4n) is 2.76. The molecular weight excluding hydrogens is 394 g/mol. The number of piperazine rings is 1. The third-order valence-corrected chi connectivity index (χ3v) is 7.09. The number of nitrogens with zero attached hydrogens (tertiary/aromatic N) is 2. The first-order chi connectivity index (χ1) is 12.8. The molecule has 3 rings (SSSR count). The first kappa shape index (κ1) is 19.7. The van der Waals surface area contributed by atoms with E-state index in [9.17, 15) is 22.0 Å². The van der Waals surface area contributed by atoms with Crippen molar-refractivity contribution in [3.8, 4) is 0 Å². The van der Waals surface area contributed by atoms with Crippen molar-refractivity contribution in [2.45, 2.75) is 11.8 Å². The molecule has 5 nitrogen and oxygen atoms in total. The maximum absolute atomic E-state index is 13.8. The Morgan fingerprint density at radius 3 is 2.44 bits per heavy atom. The predicted octanol–water partition coefficient (Wildman–Crippen LogP) is 2.88. The number of hydrogen-bond acceptors (Lipinski definition) is 4. The van der Waals surface area contributed by atoms with Gasteiger partial charge in [0.15, 0.2) is 0 Å². The van der Waals surface area contributed by atoms with Gasteiger partial charge < -0.3 is 4.90 Å². The van der Waals surface area contributed by atoms with Gasteiger partial charge in [-0.15, -0.1) is 11.3 Å². The number of aryl methyl sites for hydroxylation is 1. The number of carbonyl (C=O) groups excluding carboxylic acids is 1. The summed E-state index contributed by atoms with van der Waals surface area (Å²) in [6.07, 6.45) is 3.19. The van der Waals surface area contributed by atoms with Gasteiger partial charge in [0.2, 0.25) is 15.9 Å². The van der Waals surface area contributed by atoms with E-state index in [0.717, 1.165) is 26.2 Å². The Hall–Kier alpha value is -2.10. The highest BCUT2D eigenvalue weighted by molar-refractivity contribution is 7.89. The summed E-state index contributed by atoms with van der Waals surface area (Å²) in [5.74, 6) is -2.03. The van der Waals surface area contributed by atoms with Crippen LogP contribution in [0.25, 0.3) is 6.08 Å². The van der Waals surface area contributed by atoms with Gasteiger partial charge in [0.1, 0.15) is 16.5 Å². The summed E-state index contributed by atoms with van der Waals surface area (Å²) in [5, 5.41) is 0. The molecule has 2 heterocycles. The Labute approximate surface area is 160 Å². The Bertz CT molecular complexity index is 978. The van der Waals surface area contributed by atoms with Gasteiger partial charge in [0.05, 0.1) is 0 Å². The zero-order valence-electron chi connectivity index (χ0n) is 14.6. The van der Waals surface area contributed by atoms with Crippen LogP contribution in [0, 0.1) is 18.6 Å². The first-order valence-corrected chi connectivity index (χ1v) is 10.5. The Morgan fingerprint density at radius 2 is 1.81 bits per heavy atom. The molecule has 27 heavy (non-hydrogen) atoms. The average Bonchev–Trinajstić information content (AvgIpc) is 3.07. The molecule has 1 aliphatic heterocycles. The first-order valence-electron chi connectivity index (χ1n) is 8.26. The standard InChI is InChI=1S/C18H18F2N2O3S2/c1-13-2-4-15(26-13)5-7-18(23)21-8-10-22(11-9-21)27(24,25)17-12-14(19)3-6-16(17)20/h2-7,12H,8-11H2,1H3. The van der Waals surface area contributed by atoms with Crippen molar-refractivity contribution >= 4 is 33.3 Å². The minimum absolute atomic E-state index is 0.0238. The molecule has 0 unspecified atom stereocenters. The zero-order chi connectivity index (χ0) is 19.6. The zero-order valence-corrected chi connectivity index (χ0v) is 16.2. The van der Waals surface area contributed by atoms with Crippen molar-refractivity contribution in [3.63, 3.8) is 0 Å². The van der Waals surface area contributed by atoms with E-state index in [-0.39, 0.29) is 32.1 Å². The van der Waals surface area contributed by atoms with Gasteiger partial charge in [0.25, 0.3) is 0 Å². The van der Waals surface area contributed by atoms with Crippen LogP contribution in [-0.2, 0) is 14.8 Å². The highest BCUT2D eigenvalue weighted by Crippen LogP contribution is 2.22. The summed E-state index contributed by atoms with van der Waals surface area (Å²) >= 11 is 1.57. The molecular formula is C18H18F2N2O3S2. The summed E-state index contributed by atoms with van der Waals surface area (Å²) in [7, 11) is -4.15. The molecule has 0 N–H and O–H groups in total. The van der Waals surface area contributed by atoms with E-state index in [1.807, 2.05) is 19.1 Å². The van der Waals surface area contributed by atoms with Crippen molar-refractivity contribution in [2.24, 2.45) is 0 Å². The fourth-order valence-corrected chi connectivity index (χ4v) is 5.04. The second-order valence-corrected chi connectivity index (χ2v) is 9.31. The third kappa shape index (κ3) is 4.42. The number of carbonyl (C=O) groups is 1. The van der Waals surface area contributed by atoms with Crippen LogP contribution in [0.1, 0.15) is 9.75 Å². The lowest BCUT2D eigenvalue weighted by Crippen LogP contribution is -2.50. The molecule has 1 fully saturated rings. The maximum atomic E-state index is 13.8. The highest BCUT2D eigenvalue weighted by Gasteiger charge is 2.31. The van der Waals surface area contributed by atoms with E-state index < -0.39 is 26.6 Å². The molecule has 9 heteroatoms. The summed E-state index contributed by atoms with van der Waals surface area (Å²) < 4.78 is 53.3. The molecule has 1 aliphatic rings. The van der Waals surface area contributed by atoms with Crippen molar-refractivity contribution < 1.29 is 22.0 Å². The number of benzene rings is 1. The molecule has 2 aromatic rings. The van der Waals surface area contributed by atoms with Gasteiger partial charge in [-0.3, -0.25) is 4.79 Å². The molecule has 0 aliphatic carbocycles. The monoisotopic (exact) mass is 412 g/mol. The van der Waals surface area contributed by atoms with Crippen LogP contribution < -0.4 is 0 Å². The number of hydrogen-bond donors (Lipinski definition) is 0. The van der Waals surface area contributed by atoms with Gasteiger partial charge in [0, 0.05) is 42.0 Å². The lowest BCUT2D eigenvalue weighted by Gasteiger charge is -2.33. The number of amides is 1. The van der Waals surface area contributed by atoms with Crippen LogP contribution in [-0.4, -0.2) is 49.7 Å². The summed E-state index contributed by atoms with van der Waals surface area (Å²) in [6, 6.07) is 6.21. The van der Waals surface area contributed by atoms with Crippen LogP contribution in [0.5, 0.6) is 0 Å². The number of sulfonamides is 1. The second kappa shape index (κ2) is 7.87. The van der Waals surface area contributed by atoms with Gasteiger partial charge in [-0.2, -0.15) is 4.31 Å². The normalized spacial score (nSPS) is 16.2. The van der Waals surface area contributed by atoms with Crippen molar-refractivity contribution in [3.05, 3.63) is 57.8 Å². The summed E-state index contributed by atoms with van der Waals surface area (Å²) in [5.41, 5.74) is 0. The lowest BCUT2D eigenvalue weighted by atomic mass is 10.3. The molecule has 0 spiro atoms. The van der Waals surface area contributed by atoms with Crippen molar-refractivity contribution in [1.82, 2.24) is 9.21 Å². The molecule has 0 saturated carbocycles. The molecule has 0 atom stereocenters. The van der Waals surface area contributed by atoms with E-state index in [4.69, 9.17) is 0 Å². The van der Waals surface area contributed by atoms with Gasteiger partial charge >= 0.3 is 0 Å². The smallest absolute Gasteiger partial charge is 0.246 e. The minimum atomic E-state index is -4.15. The Kier molecular flexibility index (Phi) is 5.73. The molecule has 1 aromatic carbocycles. The van der Waals surface area contributed by atoms with E-state index in [1.54, 1.807) is 17.4 Å². The SMILES string of the molecule is Cc1ccc(C=CC(=O)N2CCN(S(=O)(=O)c3cc(F)ccc3F)CC2)s1. The molecule has 0 bridgehead atoms. The predicted molar refractivity (Wildman–Crippen MR) is 99.8 cm³/mol. The Balaban J connectivity index is 1.65. The summed E-state index contributed by atoms with van der Waals surface area (Å²) in [6.45, 7) is 2.39. The minimum Gasteiger partial charge on any atom is -0.337 e. The van der Waals surface area contributed by atoms with Crippen LogP contribution in [0.2, 0.25) is 0 Å². The van der Waals surface area contributed by atoms with Crippen molar-refractivity contribution in [2.75, 3.05) is 26.2 Å². The van der Waals surface area contributed by atoms with Crippen LogP contribution in [0.15, 0.2) is 41.3 Å². The van der Waals surface area contributed by atoms with Crippen LogP contribution in [0.3, 0.4) is 0 Å². The Morgan fingerprint density at radius 1 is 1.11 bits per heavy atom. The highest BCUT2D eigenvalue weighted by atomic mass is 32.2. The molecule has 1 amide bonds. The van der Waals surface area contributed by atoms with E-state index in [2.05, 4.69) is 0 Å². The largest absolute Gasteiger partial charge is 0.337 e. The molecule has 1 saturated heterocycles. The quantitative estimate of drug-likeness (QED) is 0.726. The van der Waals surface area contributed by atoms with Gasteiger partial charge in [-0.25, -0.2) is 17.2 Å². The average molecular weight is 412 g/mol. The molecule has 144 valence electrons. The molecule has 1 aromatic heterocycles. The molecule has 0 radical (unpaired) electrons. The topological polar surface area (TPSA) is 57.7 Å². The third-order valence-electron chi connectivity index (χ3n) is 4.21. The van der Waals surface area contributed by atoms with Crippen molar-refractivity contribution in [1.29, 1.82) is 0 Å². The van der Waals surface area contributed by atoms with E-state index in [1.165, 1.54) is 11.0 Å².